The third-order valence-corrected chi connectivity index (χ3v) is 3.36. The Kier molecular flexibility index (Phi) is 5.58. The number of carbonyl (C=O) groups is 2. The van der Waals surface area contributed by atoms with Crippen molar-refractivity contribution in [2.24, 2.45) is 0 Å². The van der Waals surface area contributed by atoms with E-state index in [2.05, 4.69) is 5.32 Å². The number of carbonyl (C=O) groups excluding carboxylic acids is 2. The van der Waals surface area contributed by atoms with Crippen LogP contribution >= 0.6 is 23.2 Å². The summed E-state index contributed by atoms with van der Waals surface area (Å²) in [6.07, 6.45) is -1.13. The molecule has 0 aliphatic rings. The summed E-state index contributed by atoms with van der Waals surface area (Å²) >= 11 is 11.5. The number of rotatable bonds is 4. The molecule has 2 rings (SSSR count). The molecule has 0 saturated heterocycles. The summed E-state index contributed by atoms with van der Waals surface area (Å²) in [6.45, 7) is 1.38. The maximum Gasteiger partial charge on any atom is 0.341 e. The maximum absolute atomic E-state index is 13.6. The largest absolute Gasteiger partial charge is 0.449 e. The van der Waals surface area contributed by atoms with Crippen LogP contribution in [0.15, 0.2) is 42.5 Å². The third kappa shape index (κ3) is 4.68. The summed E-state index contributed by atoms with van der Waals surface area (Å²) in [4.78, 5) is 23.9. The predicted octanol–water partition coefficient (Wildman–Crippen LogP) is 4.32. The van der Waals surface area contributed by atoms with Gasteiger partial charge in [-0.3, -0.25) is 4.79 Å². The Labute approximate surface area is 142 Å². The van der Waals surface area contributed by atoms with E-state index >= 15 is 0 Å². The van der Waals surface area contributed by atoms with E-state index in [1.165, 1.54) is 13.0 Å². The number of halogens is 3. The van der Waals surface area contributed by atoms with E-state index < -0.39 is 23.8 Å². The first-order chi connectivity index (χ1) is 10.9. The summed E-state index contributed by atoms with van der Waals surface area (Å²) in [5.74, 6) is -2.32. The van der Waals surface area contributed by atoms with Gasteiger partial charge >= 0.3 is 5.97 Å². The van der Waals surface area contributed by atoms with Crippen LogP contribution in [0.25, 0.3) is 0 Å². The first kappa shape index (κ1) is 17.2. The summed E-state index contributed by atoms with van der Waals surface area (Å²) in [6, 6.07) is 10.00. The number of hydrogen-bond acceptors (Lipinski definition) is 3. The third-order valence-electron chi connectivity index (χ3n) is 2.89. The Bertz CT molecular complexity index is 752. The van der Waals surface area contributed by atoms with Crippen LogP contribution in [0.1, 0.15) is 17.3 Å². The predicted molar refractivity (Wildman–Crippen MR) is 86.4 cm³/mol. The second-order valence-corrected chi connectivity index (χ2v) is 5.54. The minimum absolute atomic E-state index is 0.189. The van der Waals surface area contributed by atoms with Crippen LogP contribution in [-0.4, -0.2) is 18.0 Å². The number of anilines is 1. The number of esters is 1. The van der Waals surface area contributed by atoms with Crippen molar-refractivity contribution in [1.82, 2.24) is 0 Å². The molecule has 0 aliphatic heterocycles. The van der Waals surface area contributed by atoms with Crippen molar-refractivity contribution in [1.29, 1.82) is 0 Å². The molecule has 0 aliphatic carbocycles. The Morgan fingerprint density at radius 2 is 1.83 bits per heavy atom. The minimum atomic E-state index is -1.13. The zero-order valence-corrected chi connectivity index (χ0v) is 13.5. The molecule has 1 atom stereocenters. The Morgan fingerprint density at radius 3 is 2.52 bits per heavy atom. The average molecular weight is 356 g/mol. The van der Waals surface area contributed by atoms with Gasteiger partial charge in [-0.25, -0.2) is 9.18 Å². The van der Waals surface area contributed by atoms with Crippen LogP contribution in [0.3, 0.4) is 0 Å². The monoisotopic (exact) mass is 355 g/mol. The van der Waals surface area contributed by atoms with E-state index in [4.69, 9.17) is 27.9 Å². The lowest BCUT2D eigenvalue weighted by Gasteiger charge is -2.14. The van der Waals surface area contributed by atoms with Crippen molar-refractivity contribution >= 4 is 40.8 Å². The van der Waals surface area contributed by atoms with Gasteiger partial charge in [-0.15, -0.1) is 0 Å². The van der Waals surface area contributed by atoms with Gasteiger partial charge in [0, 0.05) is 15.7 Å². The first-order valence-electron chi connectivity index (χ1n) is 6.59. The van der Waals surface area contributed by atoms with Crippen LogP contribution in [0.5, 0.6) is 0 Å². The molecule has 0 unspecified atom stereocenters. The van der Waals surface area contributed by atoms with Gasteiger partial charge in [0.1, 0.15) is 5.82 Å². The fraction of sp³-hybridized carbons (Fsp3) is 0.125. The van der Waals surface area contributed by atoms with E-state index in [-0.39, 0.29) is 10.6 Å². The Balaban J connectivity index is 2.03. The molecule has 0 heterocycles. The van der Waals surface area contributed by atoms with Gasteiger partial charge in [0.15, 0.2) is 6.10 Å². The van der Waals surface area contributed by atoms with Gasteiger partial charge in [0.2, 0.25) is 0 Å². The molecular formula is C16H12Cl2FNO3. The molecule has 1 N–H and O–H groups in total. The molecule has 2 aromatic rings. The average Bonchev–Trinajstić information content (AvgIpc) is 2.49. The number of ether oxygens (including phenoxy) is 1. The first-order valence-corrected chi connectivity index (χ1v) is 7.35. The highest BCUT2D eigenvalue weighted by Crippen LogP contribution is 2.18. The summed E-state index contributed by atoms with van der Waals surface area (Å²) < 4.78 is 18.5. The molecule has 4 nitrogen and oxygen atoms in total. The second kappa shape index (κ2) is 7.44. The zero-order chi connectivity index (χ0) is 17.0. The fourth-order valence-corrected chi connectivity index (χ4v) is 2.10. The molecular weight excluding hydrogens is 344 g/mol. The highest BCUT2D eigenvalue weighted by molar-refractivity contribution is 6.31. The SMILES string of the molecule is C[C@H](OC(=O)c1cc(Cl)ccc1F)C(=O)Nc1cccc(Cl)c1. The Hall–Kier alpha value is -2.11. The molecule has 7 heteroatoms. The van der Waals surface area contributed by atoms with Crippen LogP contribution < -0.4 is 5.32 Å². The summed E-state index contributed by atoms with van der Waals surface area (Å²) in [7, 11) is 0. The van der Waals surface area contributed by atoms with Crippen LogP contribution in [0.4, 0.5) is 10.1 Å². The quantitative estimate of drug-likeness (QED) is 0.831. The van der Waals surface area contributed by atoms with Gasteiger partial charge in [0.25, 0.3) is 5.91 Å². The number of amides is 1. The van der Waals surface area contributed by atoms with Crippen molar-refractivity contribution in [3.05, 3.63) is 63.9 Å². The van der Waals surface area contributed by atoms with Gasteiger partial charge < -0.3 is 10.1 Å². The minimum Gasteiger partial charge on any atom is -0.449 e. The van der Waals surface area contributed by atoms with Crippen molar-refractivity contribution < 1.29 is 18.7 Å². The van der Waals surface area contributed by atoms with Crippen molar-refractivity contribution in [3.63, 3.8) is 0 Å². The van der Waals surface area contributed by atoms with Crippen molar-refractivity contribution in [3.8, 4) is 0 Å². The van der Waals surface area contributed by atoms with Crippen LogP contribution in [0.2, 0.25) is 10.0 Å². The normalized spacial score (nSPS) is 11.7. The molecule has 0 radical (unpaired) electrons. The van der Waals surface area contributed by atoms with Gasteiger partial charge in [-0.05, 0) is 43.3 Å². The van der Waals surface area contributed by atoms with Gasteiger partial charge in [-0.2, -0.15) is 0 Å². The lowest BCUT2D eigenvalue weighted by atomic mass is 10.2. The van der Waals surface area contributed by atoms with Crippen LogP contribution in [0, 0.1) is 5.82 Å². The molecule has 0 saturated carbocycles. The fourth-order valence-electron chi connectivity index (χ4n) is 1.74. The highest BCUT2D eigenvalue weighted by Gasteiger charge is 2.21. The number of nitrogens with one attached hydrogen (secondary N) is 1. The number of hydrogen-bond donors (Lipinski definition) is 1. The van der Waals surface area contributed by atoms with Crippen LogP contribution in [-0.2, 0) is 9.53 Å². The summed E-state index contributed by atoms with van der Waals surface area (Å²) in [5.41, 5.74) is 0.124. The molecule has 0 fully saturated rings. The smallest absolute Gasteiger partial charge is 0.341 e. The van der Waals surface area contributed by atoms with E-state index in [1.807, 2.05) is 0 Å². The zero-order valence-electron chi connectivity index (χ0n) is 12.0. The molecule has 2 aromatic carbocycles. The molecule has 0 bridgehead atoms. The second-order valence-electron chi connectivity index (χ2n) is 4.67. The number of benzene rings is 2. The van der Waals surface area contributed by atoms with E-state index in [9.17, 15) is 14.0 Å². The summed E-state index contributed by atoms with van der Waals surface area (Å²) in [5, 5.41) is 3.19. The van der Waals surface area contributed by atoms with E-state index in [0.717, 1.165) is 12.1 Å². The van der Waals surface area contributed by atoms with Gasteiger partial charge in [0.05, 0.1) is 5.56 Å². The van der Waals surface area contributed by atoms with E-state index in [0.29, 0.717) is 10.7 Å². The Morgan fingerprint density at radius 1 is 1.13 bits per heavy atom. The van der Waals surface area contributed by atoms with Crippen molar-refractivity contribution in [2.45, 2.75) is 13.0 Å². The lowest BCUT2D eigenvalue weighted by Crippen LogP contribution is -2.30. The molecule has 1 amide bonds. The standard InChI is InChI=1S/C16H12Cl2FNO3/c1-9(15(21)20-12-4-2-3-10(17)7-12)23-16(22)13-8-11(18)5-6-14(13)19/h2-9H,1H3,(H,20,21)/t9-/m0/s1. The molecule has 0 aromatic heterocycles. The lowest BCUT2D eigenvalue weighted by molar-refractivity contribution is -0.123. The van der Waals surface area contributed by atoms with E-state index in [1.54, 1.807) is 24.3 Å². The molecule has 23 heavy (non-hydrogen) atoms. The molecule has 0 spiro atoms. The maximum atomic E-state index is 13.6. The van der Waals surface area contributed by atoms with Gasteiger partial charge in [-0.1, -0.05) is 29.3 Å². The molecule has 120 valence electrons. The highest BCUT2D eigenvalue weighted by atomic mass is 35.5. The topological polar surface area (TPSA) is 55.4 Å². The van der Waals surface area contributed by atoms with Crippen molar-refractivity contribution in [2.75, 3.05) is 5.32 Å².